The molecule has 0 bridgehead atoms. The van der Waals surface area contributed by atoms with Gasteiger partial charge in [0.1, 0.15) is 11.9 Å². The highest BCUT2D eigenvalue weighted by atomic mass is 79.9. The zero-order chi connectivity index (χ0) is 18.3. The van der Waals surface area contributed by atoms with Crippen molar-refractivity contribution in [3.63, 3.8) is 0 Å². The maximum Gasteiger partial charge on any atom is 0.119 e. The number of methoxy groups -OCH3 is 1. The highest BCUT2D eigenvalue weighted by Gasteiger charge is 2.32. The maximum atomic E-state index is 10.6. The Balaban J connectivity index is 1.91. The average Bonchev–Trinajstić information content (AvgIpc) is 3.06. The molecule has 26 heavy (non-hydrogen) atoms. The van der Waals surface area contributed by atoms with E-state index in [4.69, 9.17) is 21.4 Å². The van der Waals surface area contributed by atoms with Crippen LogP contribution in [0.3, 0.4) is 0 Å². The number of aliphatic hydroxyl groups is 1. The number of fused-ring (bicyclic) bond motifs is 1. The number of aliphatic hydroxyl groups excluding tert-OH is 1. The summed E-state index contributed by atoms with van der Waals surface area (Å²) in [6.07, 6.45) is 1.10. The predicted octanol–water partition coefficient (Wildman–Crippen LogP) is 4.94. The van der Waals surface area contributed by atoms with Gasteiger partial charge in [0.25, 0.3) is 0 Å². The molecule has 0 aliphatic heterocycles. The summed E-state index contributed by atoms with van der Waals surface area (Å²) < 4.78 is 7.16. The Morgan fingerprint density at radius 3 is 2.50 bits per heavy atom. The van der Waals surface area contributed by atoms with Crippen molar-refractivity contribution in [1.29, 1.82) is 0 Å². The summed E-state index contributed by atoms with van der Waals surface area (Å²) in [7, 11) is 1.65. The molecule has 4 rings (SSSR count). The van der Waals surface area contributed by atoms with Gasteiger partial charge in [0, 0.05) is 21.0 Å². The molecule has 2 unspecified atom stereocenters. The number of halogens is 2. The second-order valence-electron chi connectivity index (χ2n) is 6.33. The second kappa shape index (κ2) is 7.06. The number of aromatic nitrogens is 2. The zero-order valence-electron chi connectivity index (χ0n) is 14.2. The van der Waals surface area contributed by atoms with Crippen molar-refractivity contribution in [3.05, 3.63) is 64.8 Å². The number of benzene rings is 2. The van der Waals surface area contributed by atoms with E-state index in [-0.39, 0.29) is 4.83 Å². The Morgan fingerprint density at radius 2 is 1.85 bits per heavy atom. The summed E-state index contributed by atoms with van der Waals surface area (Å²) in [5, 5.41) is 16.1. The van der Waals surface area contributed by atoms with Crippen LogP contribution in [0.25, 0.3) is 16.9 Å². The first-order valence-electron chi connectivity index (χ1n) is 8.43. The minimum Gasteiger partial charge on any atom is -0.497 e. The summed E-state index contributed by atoms with van der Waals surface area (Å²) >= 11 is 9.63. The Bertz CT molecular complexity index is 922. The average molecular weight is 434 g/mol. The lowest BCUT2D eigenvalue weighted by atomic mass is 9.91. The molecule has 0 radical (unpaired) electrons. The number of alkyl halides is 1. The Hall–Kier alpha value is -1.82. The van der Waals surface area contributed by atoms with Crippen molar-refractivity contribution in [3.8, 4) is 22.7 Å². The number of rotatable bonds is 3. The van der Waals surface area contributed by atoms with E-state index in [2.05, 4.69) is 15.9 Å². The van der Waals surface area contributed by atoms with Crippen molar-refractivity contribution in [2.75, 3.05) is 7.11 Å². The molecule has 1 heterocycles. The van der Waals surface area contributed by atoms with Crippen LogP contribution < -0.4 is 4.74 Å². The molecule has 0 fully saturated rings. The standard InChI is InChI=1S/C20H18BrClN2O2/c1-26-15-8-6-14(7-9-15)24-19(12-2-4-13(22)5-3-12)16-10-11-17(21)20(25)18(16)23-24/h2-9,17,20,25H,10-11H2,1H3. The van der Waals surface area contributed by atoms with Crippen LogP contribution in [0, 0.1) is 0 Å². The molecule has 0 spiro atoms. The lowest BCUT2D eigenvalue weighted by molar-refractivity contribution is 0.160. The van der Waals surface area contributed by atoms with E-state index in [1.165, 1.54) is 0 Å². The molecule has 3 aromatic rings. The van der Waals surface area contributed by atoms with Crippen LogP contribution in [0.1, 0.15) is 23.8 Å². The summed E-state index contributed by atoms with van der Waals surface area (Å²) in [6.45, 7) is 0. The van der Waals surface area contributed by atoms with Gasteiger partial charge in [0.05, 0.1) is 24.2 Å². The quantitative estimate of drug-likeness (QED) is 0.595. The lowest BCUT2D eigenvalue weighted by Gasteiger charge is -2.22. The molecular formula is C20H18BrClN2O2. The van der Waals surface area contributed by atoms with Gasteiger partial charge in [-0.05, 0) is 49.2 Å². The van der Waals surface area contributed by atoms with Gasteiger partial charge >= 0.3 is 0 Å². The first-order chi connectivity index (χ1) is 12.6. The van der Waals surface area contributed by atoms with E-state index in [9.17, 15) is 5.11 Å². The van der Waals surface area contributed by atoms with Gasteiger partial charge in [-0.3, -0.25) is 0 Å². The normalized spacial score (nSPS) is 19.2. The number of hydrogen-bond donors (Lipinski definition) is 1. The second-order valence-corrected chi connectivity index (χ2v) is 7.94. The SMILES string of the molecule is COc1ccc(-n2nc3c(c2-c2ccc(Cl)cc2)CCC(Br)C3O)cc1. The van der Waals surface area contributed by atoms with Gasteiger partial charge in [0.15, 0.2) is 0 Å². The van der Waals surface area contributed by atoms with Gasteiger partial charge in [-0.2, -0.15) is 5.10 Å². The summed E-state index contributed by atoms with van der Waals surface area (Å²) in [5.41, 5.74) is 4.77. The first kappa shape index (κ1) is 17.6. The smallest absolute Gasteiger partial charge is 0.119 e. The molecule has 1 aliphatic carbocycles. The highest BCUT2D eigenvalue weighted by molar-refractivity contribution is 9.09. The minimum atomic E-state index is -0.621. The molecule has 0 saturated carbocycles. The fraction of sp³-hybridized carbons (Fsp3) is 0.250. The molecule has 0 saturated heterocycles. The molecule has 4 nitrogen and oxygen atoms in total. The third-order valence-corrected chi connectivity index (χ3v) is 5.95. The number of hydrogen-bond acceptors (Lipinski definition) is 3. The van der Waals surface area contributed by atoms with Gasteiger partial charge in [-0.25, -0.2) is 4.68 Å². The topological polar surface area (TPSA) is 47.3 Å². The summed E-state index contributed by atoms with van der Waals surface area (Å²) in [6, 6.07) is 15.5. The van der Waals surface area contributed by atoms with Crippen molar-refractivity contribution >= 4 is 27.5 Å². The minimum absolute atomic E-state index is 0.0206. The monoisotopic (exact) mass is 432 g/mol. The van der Waals surface area contributed by atoms with Crippen LogP contribution >= 0.6 is 27.5 Å². The van der Waals surface area contributed by atoms with E-state index in [1.54, 1.807) is 7.11 Å². The fourth-order valence-electron chi connectivity index (χ4n) is 3.38. The fourth-order valence-corrected chi connectivity index (χ4v) is 3.98. The van der Waals surface area contributed by atoms with E-state index >= 15 is 0 Å². The van der Waals surface area contributed by atoms with Crippen molar-refractivity contribution < 1.29 is 9.84 Å². The molecule has 134 valence electrons. The Labute approximate surface area is 165 Å². The van der Waals surface area contributed by atoms with Gasteiger partial charge in [-0.1, -0.05) is 39.7 Å². The van der Waals surface area contributed by atoms with Crippen LogP contribution in [0.4, 0.5) is 0 Å². The maximum absolute atomic E-state index is 10.6. The molecule has 0 amide bonds. The highest BCUT2D eigenvalue weighted by Crippen LogP contribution is 2.40. The molecule has 6 heteroatoms. The van der Waals surface area contributed by atoms with Crippen molar-refractivity contribution in [1.82, 2.24) is 9.78 Å². The van der Waals surface area contributed by atoms with Gasteiger partial charge in [-0.15, -0.1) is 0 Å². The summed E-state index contributed by atoms with van der Waals surface area (Å²) in [4.78, 5) is 0.0206. The van der Waals surface area contributed by atoms with Crippen LogP contribution in [-0.2, 0) is 6.42 Å². The molecule has 2 atom stereocenters. The molecule has 2 aromatic carbocycles. The van der Waals surface area contributed by atoms with E-state index in [0.29, 0.717) is 5.02 Å². The van der Waals surface area contributed by atoms with Crippen molar-refractivity contribution in [2.24, 2.45) is 0 Å². The van der Waals surface area contributed by atoms with E-state index < -0.39 is 6.10 Å². The van der Waals surface area contributed by atoms with E-state index in [0.717, 1.165) is 46.8 Å². The van der Waals surface area contributed by atoms with Gasteiger partial charge in [0.2, 0.25) is 0 Å². The third kappa shape index (κ3) is 3.04. The van der Waals surface area contributed by atoms with Crippen molar-refractivity contribution in [2.45, 2.75) is 23.8 Å². The number of nitrogens with zero attached hydrogens (tertiary/aromatic N) is 2. The first-order valence-corrected chi connectivity index (χ1v) is 9.72. The Morgan fingerprint density at radius 1 is 1.15 bits per heavy atom. The Kier molecular flexibility index (Phi) is 4.78. The molecule has 1 aromatic heterocycles. The third-order valence-electron chi connectivity index (χ3n) is 4.74. The molecule has 1 N–H and O–H groups in total. The molecule has 1 aliphatic rings. The van der Waals surface area contributed by atoms with Crippen LogP contribution in [0.2, 0.25) is 5.02 Å². The summed E-state index contributed by atoms with van der Waals surface area (Å²) in [5.74, 6) is 0.791. The van der Waals surface area contributed by atoms with Crippen LogP contribution in [0.5, 0.6) is 5.75 Å². The largest absolute Gasteiger partial charge is 0.497 e. The number of ether oxygens (including phenoxy) is 1. The van der Waals surface area contributed by atoms with E-state index in [1.807, 2.05) is 53.2 Å². The predicted molar refractivity (Wildman–Crippen MR) is 107 cm³/mol. The lowest BCUT2D eigenvalue weighted by Crippen LogP contribution is -2.20. The molecular weight excluding hydrogens is 416 g/mol. The van der Waals surface area contributed by atoms with Crippen LogP contribution in [-0.4, -0.2) is 26.8 Å². The zero-order valence-corrected chi connectivity index (χ0v) is 16.5. The van der Waals surface area contributed by atoms with Gasteiger partial charge < -0.3 is 9.84 Å². The van der Waals surface area contributed by atoms with Crippen LogP contribution in [0.15, 0.2) is 48.5 Å².